The molecule has 0 fully saturated rings. The smallest absolute Gasteiger partial charge is 0.176 e. The number of anilines is 1. The van der Waals surface area contributed by atoms with Crippen molar-refractivity contribution in [2.45, 2.75) is 13.8 Å². The predicted octanol–water partition coefficient (Wildman–Crippen LogP) is 1.91. The number of ketones is 1. The Kier molecular flexibility index (Phi) is 3.95. The van der Waals surface area contributed by atoms with E-state index in [9.17, 15) is 4.79 Å². The number of rotatable bonds is 4. The van der Waals surface area contributed by atoms with Crippen LogP contribution in [0.25, 0.3) is 0 Å². The fourth-order valence-electron chi connectivity index (χ4n) is 1.21. The van der Waals surface area contributed by atoms with Crippen LogP contribution < -0.4 is 5.73 Å². The first kappa shape index (κ1) is 11.0. The van der Waals surface area contributed by atoms with E-state index in [-0.39, 0.29) is 5.78 Å². The highest BCUT2D eigenvalue weighted by Gasteiger charge is 2.12. The van der Waals surface area contributed by atoms with Gasteiger partial charge in [0.15, 0.2) is 5.78 Å². The van der Waals surface area contributed by atoms with Crippen molar-refractivity contribution in [3.8, 4) is 0 Å². The van der Waals surface area contributed by atoms with E-state index >= 15 is 0 Å². The van der Waals surface area contributed by atoms with Crippen LogP contribution in [0.5, 0.6) is 0 Å². The van der Waals surface area contributed by atoms with Crippen molar-refractivity contribution >= 4 is 23.4 Å². The summed E-state index contributed by atoms with van der Waals surface area (Å²) < 4.78 is 0. The minimum absolute atomic E-state index is 0.0694. The minimum Gasteiger partial charge on any atom is -0.383 e. The molecule has 1 heterocycles. The number of nitrogens with zero attached hydrogens (tertiary/aromatic N) is 1. The number of hydrogen-bond donors (Lipinski definition) is 1. The van der Waals surface area contributed by atoms with Gasteiger partial charge in [-0.3, -0.25) is 4.79 Å². The summed E-state index contributed by atoms with van der Waals surface area (Å²) >= 11 is 1.60. The summed E-state index contributed by atoms with van der Waals surface area (Å²) in [5.41, 5.74) is 7.13. The van der Waals surface area contributed by atoms with Gasteiger partial charge in [-0.2, -0.15) is 11.8 Å². The molecule has 0 atom stereocenters. The van der Waals surface area contributed by atoms with Gasteiger partial charge in [0, 0.05) is 6.20 Å². The average molecular weight is 210 g/mol. The molecule has 0 radical (unpaired) electrons. The van der Waals surface area contributed by atoms with E-state index in [2.05, 4.69) is 4.98 Å². The molecule has 0 aliphatic rings. The Morgan fingerprint density at radius 2 is 2.36 bits per heavy atom. The molecule has 0 saturated carbocycles. The molecule has 14 heavy (non-hydrogen) atoms. The quantitative estimate of drug-likeness (QED) is 0.771. The highest BCUT2D eigenvalue weighted by molar-refractivity contribution is 7.99. The van der Waals surface area contributed by atoms with Crippen molar-refractivity contribution in [1.29, 1.82) is 0 Å². The van der Waals surface area contributed by atoms with Gasteiger partial charge in [-0.25, -0.2) is 4.98 Å². The van der Waals surface area contributed by atoms with Crippen LogP contribution >= 0.6 is 11.8 Å². The lowest BCUT2D eigenvalue weighted by atomic mass is 10.1. The standard InChI is InChI=1S/C10H14N2OS/c1-3-14-6-8(13)9-7(2)4-5-12-10(9)11/h4-5H,3,6H2,1-2H3,(H2,11,12). The topological polar surface area (TPSA) is 56.0 Å². The summed E-state index contributed by atoms with van der Waals surface area (Å²) in [6.45, 7) is 3.90. The molecule has 0 amide bonds. The second-order valence-electron chi connectivity index (χ2n) is 2.95. The zero-order chi connectivity index (χ0) is 10.6. The lowest BCUT2D eigenvalue weighted by molar-refractivity contribution is 0.102. The third kappa shape index (κ3) is 2.48. The third-order valence-electron chi connectivity index (χ3n) is 1.90. The molecule has 1 aromatic rings. The van der Waals surface area contributed by atoms with E-state index in [1.807, 2.05) is 13.8 Å². The molecule has 76 valence electrons. The largest absolute Gasteiger partial charge is 0.383 e. The Bertz CT molecular complexity index is 319. The molecular formula is C10H14N2OS. The van der Waals surface area contributed by atoms with E-state index < -0.39 is 0 Å². The van der Waals surface area contributed by atoms with Gasteiger partial charge in [0.2, 0.25) is 0 Å². The number of carbonyl (C=O) groups excluding carboxylic acids is 1. The Balaban J connectivity index is 2.89. The Morgan fingerprint density at radius 1 is 1.64 bits per heavy atom. The number of hydrogen-bond acceptors (Lipinski definition) is 4. The van der Waals surface area contributed by atoms with Gasteiger partial charge in [-0.1, -0.05) is 6.92 Å². The molecule has 0 aromatic carbocycles. The maximum Gasteiger partial charge on any atom is 0.176 e. The second kappa shape index (κ2) is 5.00. The fourth-order valence-corrected chi connectivity index (χ4v) is 1.74. The zero-order valence-corrected chi connectivity index (χ0v) is 9.23. The van der Waals surface area contributed by atoms with E-state index in [0.717, 1.165) is 11.3 Å². The zero-order valence-electron chi connectivity index (χ0n) is 8.41. The summed E-state index contributed by atoms with van der Waals surface area (Å²) in [7, 11) is 0. The number of Topliss-reactive ketones (excluding diaryl/α,β-unsaturated/α-hetero) is 1. The first-order valence-corrected chi connectivity index (χ1v) is 5.64. The van der Waals surface area contributed by atoms with Crippen LogP contribution in [0.4, 0.5) is 5.82 Å². The normalized spacial score (nSPS) is 10.1. The average Bonchev–Trinajstić information content (AvgIpc) is 2.14. The molecular weight excluding hydrogens is 196 g/mol. The highest BCUT2D eigenvalue weighted by Crippen LogP contribution is 2.16. The fraction of sp³-hybridized carbons (Fsp3) is 0.400. The van der Waals surface area contributed by atoms with Crippen LogP contribution in [0.1, 0.15) is 22.8 Å². The van der Waals surface area contributed by atoms with Gasteiger partial charge < -0.3 is 5.73 Å². The van der Waals surface area contributed by atoms with E-state index in [4.69, 9.17) is 5.73 Å². The molecule has 0 unspecified atom stereocenters. The van der Waals surface area contributed by atoms with Gasteiger partial charge in [0.25, 0.3) is 0 Å². The van der Waals surface area contributed by atoms with Crippen LogP contribution in [0.2, 0.25) is 0 Å². The van der Waals surface area contributed by atoms with Gasteiger partial charge >= 0.3 is 0 Å². The summed E-state index contributed by atoms with van der Waals surface area (Å²) in [5, 5.41) is 0. The van der Waals surface area contributed by atoms with Crippen LogP contribution in [-0.2, 0) is 0 Å². The maximum atomic E-state index is 11.7. The number of pyridine rings is 1. The number of nitrogens with two attached hydrogens (primary N) is 1. The molecule has 1 aromatic heterocycles. The van der Waals surface area contributed by atoms with Crippen molar-refractivity contribution in [3.05, 3.63) is 23.4 Å². The molecule has 0 aliphatic carbocycles. The van der Waals surface area contributed by atoms with Gasteiger partial charge in [0.1, 0.15) is 5.82 Å². The summed E-state index contributed by atoms with van der Waals surface area (Å²) in [5.74, 6) is 1.82. The van der Waals surface area contributed by atoms with E-state index in [1.54, 1.807) is 24.0 Å². The number of thioether (sulfide) groups is 1. The van der Waals surface area contributed by atoms with Crippen molar-refractivity contribution in [3.63, 3.8) is 0 Å². The molecule has 0 bridgehead atoms. The minimum atomic E-state index is 0.0694. The van der Waals surface area contributed by atoms with Crippen molar-refractivity contribution in [2.24, 2.45) is 0 Å². The molecule has 0 spiro atoms. The van der Waals surface area contributed by atoms with Crippen LogP contribution in [0, 0.1) is 6.92 Å². The monoisotopic (exact) mass is 210 g/mol. The lowest BCUT2D eigenvalue weighted by Crippen LogP contribution is -2.10. The lowest BCUT2D eigenvalue weighted by Gasteiger charge is -2.06. The summed E-state index contributed by atoms with van der Waals surface area (Å²) in [4.78, 5) is 15.6. The first-order chi connectivity index (χ1) is 6.66. The summed E-state index contributed by atoms with van der Waals surface area (Å²) in [6, 6.07) is 1.81. The van der Waals surface area contributed by atoms with Crippen molar-refractivity contribution in [2.75, 3.05) is 17.2 Å². The maximum absolute atomic E-state index is 11.7. The van der Waals surface area contributed by atoms with E-state index in [1.165, 1.54) is 0 Å². The third-order valence-corrected chi connectivity index (χ3v) is 2.78. The van der Waals surface area contributed by atoms with Crippen molar-refractivity contribution in [1.82, 2.24) is 4.98 Å². The molecule has 4 heteroatoms. The van der Waals surface area contributed by atoms with E-state index in [0.29, 0.717) is 17.1 Å². The molecule has 2 N–H and O–H groups in total. The van der Waals surface area contributed by atoms with Crippen LogP contribution in [0.3, 0.4) is 0 Å². The van der Waals surface area contributed by atoms with Gasteiger partial charge in [-0.05, 0) is 24.3 Å². The predicted molar refractivity (Wildman–Crippen MR) is 60.7 cm³/mol. The number of aryl methyl sites for hydroxylation is 1. The highest BCUT2D eigenvalue weighted by atomic mass is 32.2. The Labute approximate surface area is 88.1 Å². The van der Waals surface area contributed by atoms with Crippen LogP contribution in [0.15, 0.2) is 12.3 Å². The first-order valence-electron chi connectivity index (χ1n) is 4.48. The molecule has 1 rings (SSSR count). The number of carbonyl (C=O) groups is 1. The summed E-state index contributed by atoms with van der Waals surface area (Å²) in [6.07, 6.45) is 1.62. The second-order valence-corrected chi connectivity index (χ2v) is 4.22. The number of nitrogen functional groups attached to an aromatic ring is 1. The van der Waals surface area contributed by atoms with Crippen LogP contribution in [-0.4, -0.2) is 22.3 Å². The van der Waals surface area contributed by atoms with Crippen molar-refractivity contribution < 1.29 is 4.79 Å². The Morgan fingerprint density at radius 3 is 2.93 bits per heavy atom. The van der Waals surface area contributed by atoms with Gasteiger partial charge in [-0.15, -0.1) is 0 Å². The SMILES string of the molecule is CCSCC(=O)c1c(C)ccnc1N. The number of aromatic nitrogens is 1. The molecule has 0 aliphatic heterocycles. The molecule has 0 saturated heterocycles. The molecule has 3 nitrogen and oxygen atoms in total. The van der Waals surface area contributed by atoms with Gasteiger partial charge in [0.05, 0.1) is 11.3 Å². The Hall–Kier alpha value is -1.03.